The van der Waals surface area contributed by atoms with E-state index in [2.05, 4.69) is 4.98 Å². The summed E-state index contributed by atoms with van der Waals surface area (Å²) in [5.74, 6) is 0.435. The van der Waals surface area contributed by atoms with Crippen molar-refractivity contribution in [2.24, 2.45) is 7.05 Å². The number of hydrogen-bond donors (Lipinski definition) is 0. The molecule has 0 unspecified atom stereocenters. The number of benzene rings is 2. The van der Waals surface area contributed by atoms with E-state index in [9.17, 15) is 4.79 Å². The predicted molar refractivity (Wildman–Crippen MR) is 99.5 cm³/mol. The summed E-state index contributed by atoms with van der Waals surface area (Å²) in [6.07, 6.45) is 0. The quantitative estimate of drug-likeness (QED) is 0.565. The van der Waals surface area contributed by atoms with Crippen LogP contribution in [0.25, 0.3) is 33.3 Å². The highest BCUT2D eigenvalue weighted by Crippen LogP contribution is 2.31. The summed E-state index contributed by atoms with van der Waals surface area (Å²) in [6.45, 7) is 0. The maximum absolute atomic E-state index is 12.8. The van der Waals surface area contributed by atoms with Crippen LogP contribution in [-0.4, -0.2) is 39.4 Å². The van der Waals surface area contributed by atoms with E-state index in [0.29, 0.717) is 11.5 Å². The zero-order valence-corrected chi connectivity index (χ0v) is 14.4. The number of para-hydroxylation sites is 1. The number of hydrogen-bond acceptors (Lipinski definition) is 3. The molecule has 0 radical (unpaired) electrons. The Morgan fingerprint density at radius 3 is 2.36 bits per heavy atom. The van der Waals surface area contributed by atoms with Crippen LogP contribution in [0.2, 0.25) is 0 Å². The minimum absolute atomic E-state index is 0.124. The summed E-state index contributed by atoms with van der Waals surface area (Å²) < 4.78 is 2.02. The molecule has 5 nitrogen and oxygen atoms in total. The number of fused-ring (bicyclic) bond motifs is 3. The van der Waals surface area contributed by atoms with Crippen LogP contribution in [0.5, 0.6) is 0 Å². The third-order valence-corrected chi connectivity index (χ3v) is 4.38. The Kier molecular flexibility index (Phi) is 3.50. The molecular weight excluding hydrogens is 312 g/mol. The highest BCUT2D eigenvalue weighted by molar-refractivity contribution is 6.16. The van der Waals surface area contributed by atoms with Crippen molar-refractivity contribution in [3.8, 4) is 11.4 Å². The van der Waals surface area contributed by atoms with Crippen molar-refractivity contribution in [2.45, 2.75) is 0 Å². The summed E-state index contributed by atoms with van der Waals surface area (Å²) in [5, 5.41) is 1.79. The lowest BCUT2D eigenvalue weighted by molar-refractivity contribution is 0.0824. The number of aromatic nitrogens is 3. The molecule has 1 amide bonds. The van der Waals surface area contributed by atoms with Gasteiger partial charge in [-0.2, -0.15) is 0 Å². The second-order valence-electron chi connectivity index (χ2n) is 6.24. The minimum Gasteiger partial charge on any atom is -0.343 e. The van der Waals surface area contributed by atoms with Gasteiger partial charge < -0.3 is 9.47 Å². The first-order valence-electron chi connectivity index (χ1n) is 8.10. The first-order valence-corrected chi connectivity index (χ1v) is 8.10. The highest BCUT2D eigenvalue weighted by atomic mass is 16.2. The average Bonchev–Trinajstić information content (AvgIpc) is 2.94. The van der Waals surface area contributed by atoms with Crippen LogP contribution >= 0.6 is 0 Å². The molecule has 0 aliphatic heterocycles. The zero-order valence-electron chi connectivity index (χ0n) is 14.4. The van der Waals surface area contributed by atoms with E-state index in [4.69, 9.17) is 4.98 Å². The van der Waals surface area contributed by atoms with Gasteiger partial charge in [-0.05, 0) is 6.07 Å². The van der Waals surface area contributed by atoms with Gasteiger partial charge in [0.2, 0.25) is 0 Å². The highest BCUT2D eigenvalue weighted by Gasteiger charge is 2.22. The van der Waals surface area contributed by atoms with E-state index in [1.54, 1.807) is 19.0 Å². The molecule has 0 N–H and O–H groups in total. The number of amides is 1. The smallest absolute Gasteiger partial charge is 0.272 e. The summed E-state index contributed by atoms with van der Waals surface area (Å²) in [4.78, 5) is 23.8. The molecule has 5 heteroatoms. The lowest BCUT2D eigenvalue weighted by Crippen LogP contribution is -2.23. The molecule has 2 aromatic heterocycles. The summed E-state index contributed by atoms with van der Waals surface area (Å²) >= 11 is 0. The Balaban J connectivity index is 2.14. The van der Waals surface area contributed by atoms with Gasteiger partial charge in [0, 0.05) is 32.1 Å². The number of carbonyl (C=O) groups is 1. The number of rotatable bonds is 2. The molecule has 0 aliphatic rings. The minimum atomic E-state index is -0.124. The molecule has 4 rings (SSSR count). The summed E-state index contributed by atoms with van der Waals surface area (Å²) in [6, 6.07) is 17.7. The van der Waals surface area contributed by atoms with Gasteiger partial charge in [-0.1, -0.05) is 48.5 Å². The van der Waals surface area contributed by atoms with Crippen molar-refractivity contribution in [3.05, 3.63) is 60.3 Å². The number of carbonyl (C=O) groups excluding carboxylic acids is 1. The molecule has 0 saturated heterocycles. The first kappa shape index (κ1) is 15.3. The second-order valence-corrected chi connectivity index (χ2v) is 6.24. The fraction of sp³-hybridized carbons (Fsp3) is 0.150. The molecule has 0 bridgehead atoms. The van der Waals surface area contributed by atoms with Crippen molar-refractivity contribution in [1.82, 2.24) is 19.4 Å². The Labute approximate surface area is 145 Å². The Morgan fingerprint density at radius 1 is 0.960 bits per heavy atom. The van der Waals surface area contributed by atoms with Crippen LogP contribution in [0.15, 0.2) is 54.6 Å². The van der Waals surface area contributed by atoms with Crippen molar-refractivity contribution >= 4 is 27.8 Å². The summed E-state index contributed by atoms with van der Waals surface area (Å²) in [5.41, 5.74) is 3.12. The zero-order chi connectivity index (χ0) is 17.6. The van der Waals surface area contributed by atoms with Crippen LogP contribution in [0.1, 0.15) is 10.5 Å². The van der Waals surface area contributed by atoms with Crippen molar-refractivity contribution in [1.29, 1.82) is 0 Å². The van der Waals surface area contributed by atoms with Gasteiger partial charge in [-0.3, -0.25) is 4.79 Å². The van der Waals surface area contributed by atoms with Crippen molar-refractivity contribution < 1.29 is 4.79 Å². The van der Waals surface area contributed by atoms with E-state index in [1.165, 1.54) is 0 Å². The fourth-order valence-electron chi connectivity index (χ4n) is 3.11. The van der Waals surface area contributed by atoms with E-state index >= 15 is 0 Å². The van der Waals surface area contributed by atoms with E-state index in [0.717, 1.165) is 27.5 Å². The van der Waals surface area contributed by atoms with Gasteiger partial charge in [0.05, 0.1) is 10.9 Å². The Bertz CT molecular complexity index is 1100. The molecule has 25 heavy (non-hydrogen) atoms. The van der Waals surface area contributed by atoms with Crippen LogP contribution in [0.3, 0.4) is 0 Å². The lowest BCUT2D eigenvalue weighted by Gasteiger charge is -2.12. The van der Waals surface area contributed by atoms with Gasteiger partial charge in [-0.25, -0.2) is 9.97 Å². The predicted octanol–water partition coefficient (Wildman–Crippen LogP) is 3.49. The third kappa shape index (κ3) is 2.36. The molecular formula is C20H18N4O. The van der Waals surface area contributed by atoms with E-state index < -0.39 is 0 Å². The standard InChI is InChI=1S/C20H18N4O/c1-23(2)20(25)17-16-14-11-7-8-12-15(14)24(3)19(16)22-18(21-17)13-9-5-4-6-10-13/h4-12H,1-3H3. The van der Waals surface area contributed by atoms with Gasteiger partial charge in [-0.15, -0.1) is 0 Å². The molecule has 4 aromatic rings. The molecule has 0 aliphatic carbocycles. The van der Waals surface area contributed by atoms with Crippen LogP contribution in [0, 0.1) is 0 Å². The largest absolute Gasteiger partial charge is 0.343 e. The molecule has 0 fully saturated rings. The Hall–Kier alpha value is -3.21. The first-order chi connectivity index (χ1) is 12.1. The molecule has 124 valence electrons. The Morgan fingerprint density at radius 2 is 1.64 bits per heavy atom. The SMILES string of the molecule is CN(C)C(=O)c1nc(-c2ccccc2)nc2c1c1ccccc1n2C. The monoisotopic (exact) mass is 330 g/mol. The third-order valence-electron chi connectivity index (χ3n) is 4.38. The van der Waals surface area contributed by atoms with Gasteiger partial charge in [0.15, 0.2) is 5.82 Å². The van der Waals surface area contributed by atoms with Crippen LogP contribution in [0.4, 0.5) is 0 Å². The fourth-order valence-corrected chi connectivity index (χ4v) is 3.11. The molecule has 2 aromatic carbocycles. The lowest BCUT2D eigenvalue weighted by atomic mass is 10.1. The van der Waals surface area contributed by atoms with E-state index in [-0.39, 0.29) is 5.91 Å². The summed E-state index contributed by atoms with van der Waals surface area (Å²) in [7, 11) is 5.45. The molecule has 0 saturated carbocycles. The molecule has 2 heterocycles. The normalized spacial score (nSPS) is 11.2. The van der Waals surface area contributed by atoms with Crippen LogP contribution < -0.4 is 0 Å². The van der Waals surface area contributed by atoms with Gasteiger partial charge in [0.1, 0.15) is 11.3 Å². The second kappa shape index (κ2) is 5.70. The van der Waals surface area contributed by atoms with E-state index in [1.807, 2.05) is 66.2 Å². The molecule has 0 atom stereocenters. The number of nitrogens with zero attached hydrogens (tertiary/aromatic N) is 4. The van der Waals surface area contributed by atoms with Gasteiger partial charge in [0.25, 0.3) is 5.91 Å². The van der Waals surface area contributed by atoms with Crippen molar-refractivity contribution in [3.63, 3.8) is 0 Å². The maximum atomic E-state index is 12.8. The topological polar surface area (TPSA) is 51.0 Å². The molecule has 0 spiro atoms. The maximum Gasteiger partial charge on any atom is 0.272 e. The van der Waals surface area contributed by atoms with Crippen molar-refractivity contribution in [2.75, 3.05) is 14.1 Å². The van der Waals surface area contributed by atoms with Crippen LogP contribution in [-0.2, 0) is 7.05 Å². The average molecular weight is 330 g/mol. The number of aryl methyl sites for hydroxylation is 1. The van der Waals surface area contributed by atoms with Gasteiger partial charge >= 0.3 is 0 Å².